The number of aliphatic imine (C=N–C) groups is 1. The highest BCUT2D eigenvalue weighted by Crippen LogP contribution is 2.27. The summed E-state index contributed by atoms with van der Waals surface area (Å²) in [6.07, 6.45) is 4.64. The minimum Gasteiger partial charge on any atom is -0.344 e. The first-order chi connectivity index (χ1) is 12.5. The van der Waals surface area contributed by atoms with E-state index in [1.165, 1.54) is 19.1 Å². The highest BCUT2D eigenvalue weighted by Gasteiger charge is 2.36. The molecule has 2 N–H and O–H groups in total. The Kier molecular flexibility index (Phi) is 5.59. The predicted molar refractivity (Wildman–Crippen MR) is 93.3 cm³/mol. The molecule has 138 valence electrons. The SMILES string of the molecule is Cc1cc(C#CC2CC2)cnc1/C(C=NCC1OCC(F)(F)CO1)=N/N. The molecular weight excluding hydrogens is 342 g/mol. The second kappa shape index (κ2) is 7.89. The molecule has 2 heterocycles. The summed E-state index contributed by atoms with van der Waals surface area (Å²) in [5.74, 6) is 9.31. The van der Waals surface area contributed by atoms with Gasteiger partial charge in [0.1, 0.15) is 18.9 Å². The van der Waals surface area contributed by atoms with Gasteiger partial charge in [0.15, 0.2) is 6.29 Å². The normalized spacial score (nSPS) is 20.8. The molecule has 0 unspecified atom stereocenters. The number of hydrazone groups is 1. The Morgan fingerprint density at radius 2 is 2.15 bits per heavy atom. The number of rotatable bonds is 4. The molecule has 1 saturated carbocycles. The van der Waals surface area contributed by atoms with Crippen molar-refractivity contribution in [2.24, 2.45) is 21.9 Å². The van der Waals surface area contributed by atoms with Gasteiger partial charge in [0.25, 0.3) is 5.92 Å². The zero-order valence-electron chi connectivity index (χ0n) is 14.4. The van der Waals surface area contributed by atoms with Crippen LogP contribution >= 0.6 is 0 Å². The van der Waals surface area contributed by atoms with E-state index in [1.807, 2.05) is 13.0 Å². The van der Waals surface area contributed by atoms with Crippen molar-refractivity contribution >= 4 is 11.9 Å². The van der Waals surface area contributed by atoms with E-state index >= 15 is 0 Å². The van der Waals surface area contributed by atoms with Crippen LogP contribution in [0.25, 0.3) is 0 Å². The Hall–Kier alpha value is -2.37. The Morgan fingerprint density at radius 1 is 1.42 bits per heavy atom. The van der Waals surface area contributed by atoms with Crippen LogP contribution in [0, 0.1) is 24.7 Å². The van der Waals surface area contributed by atoms with Gasteiger partial charge < -0.3 is 15.3 Å². The Morgan fingerprint density at radius 3 is 2.77 bits per heavy atom. The summed E-state index contributed by atoms with van der Waals surface area (Å²) in [5.41, 5.74) is 2.68. The quantitative estimate of drug-likeness (QED) is 0.384. The summed E-state index contributed by atoms with van der Waals surface area (Å²) in [4.78, 5) is 8.49. The summed E-state index contributed by atoms with van der Waals surface area (Å²) in [7, 11) is 0. The zero-order chi connectivity index (χ0) is 18.6. The summed E-state index contributed by atoms with van der Waals surface area (Å²) in [6.45, 7) is 0.613. The minimum atomic E-state index is -2.95. The van der Waals surface area contributed by atoms with Crippen molar-refractivity contribution < 1.29 is 18.3 Å². The van der Waals surface area contributed by atoms with Crippen LogP contribution in [0.5, 0.6) is 0 Å². The molecule has 0 aromatic carbocycles. The molecule has 2 aliphatic rings. The molecule has 0 bridgehead atoms. The smallest absolute Gasteiger partial charge is 0.293 e. The average Bonchev–Trinajstić information content (AvgIpc) is 3.43. The molecule has 6 nitrogen and oxygen atoms in total. The van der Waals surface area contributed by atoms with Crippen molar-refractivity contribution in [3.63, 3.8) is 0 Å². The average molecular weight is 362 g/mol. The second-order valence-electron chi connectivity index (χ2n) is 6.35. The number of nitrogens with zero attached hydrogens (tertiary/aromatic N) is 3. The number of nitrogens with two attached hydrogens (primary N) is 1. The Balaban J connectivity index is 1.61. The standard InChI is InChI=1S/C18H20F2N4O2/c1-12-6-14(5-4-13-2-3-13)7-23-17(12)15(24-21)8-22-9-16-25-10-18(19,20)11-26-16/h6-8,13,16H,2-3,9-11,21H2,1H3/b22-8?,24-15+. The molecule has 8 heteroatoms. The molecule has 1 aliphatic carbocycles. The summed E-state index contributed by atoms with van der Waals surface area (Å²) in [6, 6.07) is 1.92. The van der Waals surface area contributed by atoms with Crippen LogP contribution in [0.2, 0.25) is 0 Å². The molecule has 0 spiro atoms. The molecule has 0 radical (unpaired) electrons. The van der Waals surface area contributed by atoms with Crippen molar-refractivity contribution in [3.8, 4) is 11.8 Å². The fourth-order valence-corrected chi connectivity index (χ4v) is 2.33. The van der Waals surface area contributed by atoms with Gasteiger partial charge in [-0.1, -0.05) is 11.8 Å². The van der Waals surface area contributed by atoms with Crippen molar-refractivity contribution in [1.82, 2.24) is 4.98 Å². The first-order valence-corrected chi connectivity index (χ1v) is 8.34. The van der Waals surface area contributed by atoms with E-state index < -0.39 is 25.4 Å². The fourth-order valence-electron chi connectivity index (χ4n) is 2.33. The van der Waals surface area contributed by atoms with Crippen molar-refractivity contribution in [2.75, 3.05) is 19.8 Å². The lowest BCUT2D eigenvalue weighted by molar-refractivity contribution is -0.262. The van der Waals surface area contributed by atoms with E-state index in [-0.39, 0.29) is 6.54 Å². The van der Waals surface area contributed by atoms with E-state index in [2.05, 4.69) is 26.9 Å². The van der Waals surface area contributed by atoms with Gasteiger partial charge in [-0.25, -0.2) is 8.78 Å². The number of pyridine rings is 1. The van der Waals surface area contributed by atoms with Gasteiger partial charge in [0.2, 0.25) is 0 Å². The summed E-state index contributed by atoms with van der Waals surface area (Å²) >= 11 is 0. The maximum absolute atomic E-state index is 12.9. The molecule has 0 amide bonds. The second-order valence-corrected chi connectivity index (χ2v) is 6.35. The highest BCUT2D eigenvalue weighted by atomic mass is 19.3. The van der Waals surface area contributed by atoms with Crippen LogP contribution in [-0.4, -0.2) is 48.9 Å². The number of hydrogen-bond acceptors (Lipinski definition) is 6. The lowest BCUT2D eigenvalue weighted by atomic mass is 10.1. The first kappa shape index (κ1) is 18.4. The third-order valence-electron chi connectivity index (χ3n) is 3.89. The number of aryl methyl sites for hydroxylation is 1. The number of hydrogen-bond donors (Lipinski definition) is 1. The van der Waals surface area contributed by atoms with Crippen molar-refractivity contribution in [3.05, 3.63) is 29.1 Å². The van der Waals surface area contributed by atoms with Gasteiger partial charge >= 0.3 is 0 Å². The molecule has 2 fully saturated rings. The van der Waals surface area contributed by atoms with E-state index in [0.717, 1.165) is 11.1 Å². The Bertz CT molecular complexity index is 769. The largest absolute Gasteiger partial charge is 0.344 e. The monoisotopic (exact) mass is 362 g/mol. The van der Waals surface area contributed by atoms with Crippen molar-refractivity contribution in [1.29, 1.82) is 0 Å². The topological polar surface area (TPSA) is 82.1 Å². The van der Waals surface area contributed by atoms with Crippen LogP contribution in [0.3, 0.4) is 0 Å². The van der Waals surface area contributed by atoms with Crippen molar-refractivity contribution in [2.45, 2.75) is 32.0 Å². The predicted octanol–water partition coefficient (Wildman–Crippen LogP) is 1.89. The van der Waals surface area contributed by atoms with Crippen LogP contribution in [0.15, 0.2) is 22.4 Å². The number of alkyl halides is 2. The number of ether oxygens (including phenoxy) is 2. The lowest BCUT2D eigenvalue weighted by Crippen LogP contribution is -2.41. The molecule has 0 atom stereocenters. The molecule has 3 rings (SSSR count). The van der Waals surface area contributed by atoms with E-state index in [4.69, 9.17) is 15.3 Å². The van der Waals surface area contributed by atoms with Crippen LogP contribution in [-0.2, 0) is 9.47 Å². The number of aromatic nitrogens is 1. The highest BCUT2D eigenvalue weighted by molar-refractivity contribution is 6.37. The maximum atomic E-state index is 12.9. The molecular formula is C18H20F2N4O2. The summed E-state index contributed by atoms with van der Waals surface area (Å²) in [5, 5.41) is 3.71. The maximum Gasteiger partial charge on any atom is 0.293 e. The van der Waals surface area contributed by atoms with Crippen LogP contribution in [0.4, 0.5) is 8.78 Å². The van der Waals surface area contributed by atoms with Gasteiger partial charge in [-0.3, -0.25) is 9.98 Å². The van der Waals surface area contributed by atoms with Crippen LogP contribution in [0.1, 0.15) is 29.7 Å². The Labute approximate surface area is 150 Å². The molecule has 1 saturated heterocycles. The lowest BCUT2D eigenvalue weighted by Gasteiger charge is -2.27. The van der Waals surface area contributed by atoms with Gasteiger partial charge in [-0.2, -0.15) is 5.10 Å². The summed E-state index contributed by atoms with van der Waals surface area (Å²) < 4.78 is 35.7. The van der Waals surface area contributed by atoms with E-state index in [9.17, 15) is 8.78 Å². The fraction of sp³-hybridized carbons (Fsp3) is 0.500. The van der Waals surface area contributed by atoms with E-state index in [1.54, 1.807) is 6.20 Å². The van der Waals surface area contributed by atoms with Gasteiger partial charge in [-0.15, -0.1) is 0 Å². The molecule has 26 heavy (non-hydrogen) atoms. The van der Waals surface area contributed by atoms with E-state index in [0.29, 0.717) is 17.3 Å². The van der Waals surface area contributed by atoms with Gasteiger partial charge in [0, 0.05) is 17.7 Å². The molecule has 1 aliphatic heterocycles. The third kappa shape index (κ3) is 5.07. The minimum absolute atomic E-state index is 0.0685. The molecule has 1 aromatic rings. The first-order valence-electron chi connectivity index (χ1n) is 8.34. The third-order valence-corrected chi connectivity index (χ3v) is 3.89. The van der Waals surface area contributed by atoms with Gasteiger partial charge in [0.05, 0.1) is 18.5 Å². The number of halogens is 2. The van der Waals surface area contributed by atoms with Crippen LogP contribution < -0.4 is 5.84 Å². The molecule has 1 aromatic heterocycles. The zero-order valence-corrected chi connectivity index (χ0v) is 14.4. The van der Waals surface area contributed by atoms with Gasteiger partial charge in [-0.05, 0) is 31.4 Å².